The molecule has 0 saturated heterocycles. The van der Waals surface area contributed by atoms with Gasteiger partial charge in [0.05, 0.1) is 18.8 Å². The molecule has 2 aromatic rings. The number of para-hydroxylation sites is 2. The number of amides is 1. The summed E-state index contributed by atoms with van der Waals surface area (Å²) in [5.41, 5.74) is 1.50. The molecule has 0 spiro atoms. The molecule has 0 fully saturated rings. The van der Waals surface area contributed by atoms with Crippen molar-refractivity contribution >= 4 is 11.6 Å². The molecule has 0 aliphatic carbocycles. The van der Waals surface area contributed by atoms with Gasteiger partial charge in [0.1, 0.15) is 11.8 Å². The van der Waals surface area contributed by atoms with Crippen LogP contribution in [0.25, 0.3) is 0 Å². The van der Waals surface area contributed by atoms with E-state index in [9.17, 15) is 4.79 Å². The molecule has 1 unspecified atom stereocenters. The summed E-state index contributed by atoms with van der Waals surface area (Å²) in [4.78, 5) is 12.7. The molecule has 1 amide bonds. The first-order valence-electron chi connectivity index (χ1n) is 7.50. The summed E-state index contributed by atoms with van der Waals surface area (Å²) >= 11 is 0. The minimum Gasteiger partial charge on any atom is -0.492 e. The van der Waals surface area contributed by atoms with Crippen LogP contribution in [0, 0.1) is 12.3 Å². The van der Waals surface area contributed by atoms with Crippen LogP contribution in [0.1, 0.15) is 18.5 Å². The zero-order valence-corrected chi connectivity index (χ0v) is 13.1. The Labute approximate surface area is 136 Å². The van der Waals surface area contributed by atoms with Crippen molar-refractivity contribution in [1.29, 1.82) is 0 Å². The van der Waals surface area contributed by atoms with Crippen LogP contribution in [-0.4, -0.2) is 19.1 Å². The van der Waals surface area contributed by atoms with Gasteiger partial charge in [-0.3, -0.25) is 10.1 Å². The number of benzene rings is 2. The van der Waals surface area contributed by atoms with Crippen molar-refractivity contribution in [3.63, 3.8) is 0 Å². The average molecular weight is 308 g/mol. The topological polar surface area (TPSA) is 50.4 Å². The summed E-state index contributed by atoms with van der Waals surface area (Å²) in [6.45, 7) is 2.74. The maximum Gasteiger partial charge on any atom is 0.246 e. The molecule has 0 aliphatic heterocycles. The number of nitrogens with one attached hydrogen (secondary N) is 2. The van der Waals surface area contributed by atoms with Gasteiger partial charge in [0, 0.05) is 0 Å². The zero-order chi connectivity index (χ0) is 16.5. The SMILES string of the molecule is C#CCNC(C(=O)Nc1ccccc1OCC)c1ccccc1. The highest BCUT2D eigenvalue weighted by Gasteiger charge is 2.20. The Bertz CT molecular complexity index is 677. The Morgan fingerprint density at radius 3 is 2.57 bits per heavy atom. The van der Waals surface area contributed by atoms with Crippen molar-refractivity contribution in [1.82, 2.24) is 5.32 Å². The van der Waals surface area contributed by atoms with Crippen LogP contribution in [0.2, 0.25) is 0 Å². The van der Waals surface area contributed by atoms with Crippen molar-refractivity contribution in [3.05, 3.63) is 60.2 Å². The minimum atomic E-state index is -0.526. The van der Waals surface area contributed by atoms with E-state index in [1.165, 1.54) is 0 Å². The Morgan fingerprint density at radius 1 is 1.17 bits per heavy atom. The van der Waals surface area contributed by atoms with Gasteiger partial charge in [-0.25, -0.2) is 0 Å². The van der Waals surface area contributed by atoms with Crippen LogP contribution in [-0.2, 0) is 4.79 Å². The fraction of sp³-hybridized carbons (Fsp3) is 0.211. The quantitative estimate of drug-likeness (QED) is 0.773. The maximum absolute atomic E-state index is 12.7. The minimum absolute atomic E-state index is 0.182. The summed E-state index contributed by atoms with van der Waals surface area (Å²) in [6, 6.07) is 16.3. The Morgan fingerprint density at radius 2 is 1.87 bits per heavy atom. The molecule has 0 radical (unpaired) electrons. The molecule has 118 valence electrons. The number of carbonyl (C=O) groups excluding carboxylic acids is 1. The molecule has 4 heteroatoms. The highest BCUT2D eigenvalue weighted by Crippen LogP contribution is 2.25. The molecule has 2 rings (SSSR count). The molecule has 1 atom stereocenters. The Hall–Kier alpha value is -2.77. The smallest absolute Gasteiger partial charge is 0.246 e. The van der Waals surface area contributed by atoms with Crippen molar-refractivity contribution in [2.24, 2.45) is 0 Å². The van der Waals surface area contributed by atoms with Gasteiger partial charge in [-0.15, -0.1) is 6.42 Å². The summed E-state index contributed by atoms with van der Waals surface area (Å²) < 4.78 is 5.54. The monoisotopic (exact) mass is 308 g/mol. The van der Waals surface area contributed by atoms with Gasteiger partial charge in [-0.1, -0.05) is 48.4 Å². The molecular weight excluding hydrogens is 288 g/mol. The highest BCUT2D eigenvalue weighted by atomic mass is 16.5. The summed E-state index contributed by atoms with van der Waals surface area (Å²) in [7, 11) is 0. The van der Waals surface area contributed by atoms with E-state index >= 15 is 0 Å². The molecule has 0 aliphatic rings. The van der Waals surface area contributed by atoms with Crippen molar-refractivity contribution in [2.45, 2.75) is 13.0 Å². The third-order valence-electron chi connectivity index (χ3n) is 3.25. The molecule has 2 N–H and O–H groups in total. The van der Waals surface area contributed by atoms with Crippen LogP contribution in [0.5, 0.6) is 5.75 Å². The lowest BCUT2D eigenvalue weighted by Crippen LogP contribution is -2.33. The fourth-order valence-corrected chi connectivity index (χ4v) is 2.22. The summed E-state index contributed by atoms with van der Waals surface area (Å²) in [5.74, 6) is 2.97. The predicted octanol–water partition coefficient (Wildman–Crippen LogP) is 2.99. The van der Waals surface area contributed by atoms with Crippen LogP contribution >= 0.6 is 0 Å². The summed E-state index contributed by atoms with van der Waals surface area (Å²) in [6.07, 6.45) is 5.31. The van der Waals surface area contributed by atoms with Gasteiger partial charge in [0.25, 0.3) is 0 Å². The van der Waals surface area contributed by atoms with Gasteiger partial charge >= 0.3 is 0 Å². The zero-order valence-electron chi connectivity index (χ0n) is 13.1. The number of terminal acetylenes is 1. The largest absolute Gasteiger partial charge is 0.492 e. The first-order valence-corrected chi connectivity index (χ1v) is 7.50. The van der Waals surface area contributed by atoms with E-state index in [-0.39, 0.29) is 5.91 Å². The normalized spacial score (nSPS) is 11.3. The van der Waals surface area contributed by atoms with Crippen molar-refractivity contribution in [3.8, 4) is 18.1 Å². The van der Waals surface area contributed by atoms with Crippen molar-refractivity contribution in [2.75, 3.05) is 18.5 Å². The van der Waals surface area contributed by atoms with E-state index in [2.05, 4.69) is 16.6 Å². The molecule has 0 saturated carbocycles. The molecule has 0 bridgehead atoms. The van der Waals surface area contributed by atoms with Crippen LogP contribution in [0.4, 0.5) is 5.69 Å². The lowest BCUT2D eigenvalue weighted by Gasteiger charge is -2.19. The first-order chi connectivity index (χ1) is 11.3. The van der Waals surface area contributed by atoms with Gasteiger partial charge in [0.15, 0.2) is 0 Å². The molecular formula is C19H20N2O2. The maximum atomic E-state index is 12.7. The molecule has 0 aromatic heterocycles. The Kier molecular flexibility index (Phi) is 6.22. The Balaban J connectivity index is 2.20. The van der Waals surface area contributed by atoms with E-state index < -0.39 is 6.04 Å². The average Bonchev–Trinajstić information content (AvgIpc) is 2.58. The lowest BCUT2D eigenvalue weighted by atomic mass is 10.1. The number of ether oxygens (including phenoxy) is 1. The number of anilines is 1. The van der Waals surface area contributed by atoms with Gasteiger partial charge < -0.3 is 10.1 Å². The van der Waals surface area contributed by atoms with Crippen LogP contribution in [0.15, 0.2) is 54.6 Å². The lowest BCUT2D eigenvalue weighted by molar-refractivity contribution is -0.118. The van der Waals surface area contributed by atoms with Gasteiger partial charge in [-0.2, -0.15) is 0 Å². The van der Waals surface area contributed by atoms with E-state index in [0.29, 0.717) is 24.6 Å². The van der Waals surface area contributed by atoms with E-state index in [0.717, 1.165) is 5.56 Å². The summed E-state index contributed by atoms with van der Waals surface area (Å²) in [5, 5.41) is 5.98. The first kappa shape index (κ1) is 16.6. The predicted molar refractivity (Wildman–Crippen MR) is 92.3 cm³/mol. The standard InChI is InChI=1S/C19H20N2O2/c1-3-14-20-18(15-10-6-5-7-11-15)19(22)21-16-12-8-9-13-17(16)23-4-2/h1,5-13,18,20H,4,14H2,2H3,(H,21,22). The third-order valence-corrected chi connectivity index (χ3v) is 3.25. The molecule has 4 nitrogen and oxygen atoms in total. The number of carbonyl (C=O) groups is 1. The van der Waals surface area contributed by atoms with Gasteiger partial charge in [-0.05, 0) is 24.6 Å². The van der Waals surface area contributed by atoms with Crippen molar-refractivity contribution < 1.29 is 9.53 Å². The second-order valence-corrected chi connectivity index (χ2v) is 4.85. The number of rotatable bonds is 7. The third kappa shape index (κ3) is 4.60. The molecule has 0 heterocycles. The molecule has 2 aromatic carbocycles. The molecule has 23 heavy (non-hydrogen) atoms. The highest BCUT2D eigenvalue weighted by molar-refractivity contribution is 5.96. The van der Waals surface area contributed by atoms with Crippen LogP contribution in [0.3, 0.4) is 0 Å². The van der Waals surface area contributed by atoms with Crippen LogP contribution < -0.4 is 15.4 Å². The number of hydrogen-bond acceptors (Lipinski definition) is 3. The second-order valence-electron chi connectivity index (χ2n) is 4.85. The van der Waals surface area contributed by atoms with Gasteiger partial charge in [0.2, 0.25) is 5.91 Å². The fourth-order valence-electron chi connectivity index (χ4n) is 2.22. The van der Waals surface area contributed by atoms with E-state index in [1.807, 2.05) is 61.5 Å². The number of hydrogen-bond donors (Lipinski definition) is 2. The second kappa shape index (κ2) is 8.62. The van der Waals surface area contributed by atoms with E-state index in [1.54, 1.807) is 0 Å². The van der Waals surface area contributed by atoms with E-state index in [4.69, 9.17) is 11.2 Å².